The number of fused-ring (bicyclic) bond motifs is 7. The zero-order chi connectivity index (χ0) is 42.1. The lowest BCUT2D eigenvalue weighted by molar-refractivity contribution is 0.218. The van der Waals surface area contributed by atoms with Crippen molar-refractivity contribution in [1.82, 2.24) is 0 Å². The van der Waals surface area contributed by atoms with E-state index in [2.05, 4.69) is 228 Å². The van der Waals surface area contributed by atoms with Crippen molar-refractivity contribution < 1.29 is 9.47 Å². The lowest BCUT2D eigenvalue weighted by Crippen LogP contribution is -2.46. The van der Waals surface area contributed by atoms with Crippen molar-refractivity contribution in [3.63, 3.8) is 0 Å². The van der Waals surface area contributed by atoms with E-state index in [0.29, 0.717) is 0 Å². The number of nitrogens with zero attached hydrogens (tertiary/aromatic N) is 2. The lowest BCUT2D eigenvalue weighted by atomic mass is 9.84. The summed E-state index contributed by atoms with van der Waals surface area (Å²) in [4.78, 5) is 4.80. The van der Waals surface area contributed by atoms with Crippen molar-refractivity contribution in [2.24, 2.45) is 0 Å². The Bertz CT molecular complexity index is 3500. The van der Waals surface area contributed by atoms with Crippen molar-refractivity contribution >= 4 is 60.8 Å². The van der Waals surface area contributed by atoms with Gasteiger partial charge in [0.05, 0.1) is 23.1 Å². The Hall–Kier alpha value is -8.34. The SMILES string of the molecule is C1=CC2Oc3ccccc3N(c3ccc4c(-c5cccc(-c6cccc7ccccc67)c5)c5cc(N6c7ccccc7Oc7ccccc76)ccc5c(-c5ccccc5)c4c3)C2C=C1. The van der Waals surface area contributed by atoms with Crippen molar-refractivity contribution in [3.8, 4) is 50.6 Å². The van der Waals surface area contributed by atoms with Crippen LogP contribution in [0.4, 0.5) is 28.4 Å². The average Bonchev–Trinajstić information content (AvgIpc) is 3.36. The Morgan fingerprint density at radius 2 is 0.953 bits per heavy atom. The van der Waals surface area contributed by atoms with Gasteiger partial charge in [-0.15, -0.1) is 0 Å². The molecule has 0 amide bonds. The van der Waals surface area contributed by atoms with E-state index in [0.717, 1.165) is 51.2 Å². The molecule has 2 unspecified atom stereocenters. The maximum Gasteiger partial charge on any atom is 0.151 e. The highest BCUT2D eigenvalue weighted by atomic mass is 16.5. The Morgan fingerprint density at radius 1 is 0.375 bits per heavy atom. The van der Waals surface area contributed by atoms with Crippen LogP contribution in [0.3, 0.4) is 0 Å². The molecule has 3 aliphatic rings. The Labute approximate surface area is 371 Å². The molecule has 2 aliphatic heterocycles. The topological polar surface area (TPSA) is 24.9 Å². The first-order valence-corrected chi connectivity index (χ1v) is 22.0. The fourth-order valence-corrected chi connectivity index (χ4v) is 10.3. The Balaban J connectivity index is 1.12. The summed E-state index contributed by atoms with van der Waals surface area (Å²) >= 11 is 0. The molecule has 2 atom stereocenters. The van der Waals surface area contributed by atoms with Crippen LogP contribution in [0.1, 0.15) is 0 Å². The molecule has 0 spiro atoms. The predicted octanol–water partition coefficient (Wildman–Crippen LogP) is 16.1. The molecule has 0 N–H and O–H groups in total. The van der Waals surface area contributed by atoms with Gasteiger partial charge in [0, 0.05) is 11.4 Å². The number of hydrogen-bond donors (Lipinski definition) is 0. The van der Waals surface area contributed by atoms with Gasteiger partial charge in [0.25, 0.3) is 0 Å². The van der Waals surface area contributed by atoms with E-state index in [1.165, 1.54) is 60.1 Å². The summed E-state index contributed by atoms with van der Waals surface area (Å²) in [6, 6.07) is 74.5. The second-order valence-corrected chi connectivity index (χ2v) is 16.7. The molecule has 0 radical (unpaired) electrons. The van der Waals surface area contributed by atoms with Gasteiger partial charge < -0.3 is 19.3 Å². The summed E-state index contributed by atoms with van der Waals surface area (Å²) < 4.78 is 13.1. The number of rotatable bonds is 5. The molecule has 4 nitrogen and oxygen atoms in total. The third-order valence-electron chi connectivity index (χ3n) is 13.1. The first-order chi connectivity index (χ1) is 31.7. The van der Waals surface area contributed by atoms with E-state index in [1.807, 2.05) is 12.1 Å². The highest BCUT2D eigenvalue weighted by Crippen LogP contribution is 2.53. The molecule has 10 aromatic rings. The summed E-state index contributed by atoms with van der Waals surface area (Å²) in [5.74, 6) is 2.54. The molecular formula is C60H40N2O2. The Morgan fingerprint density at radius 3 is 1.75 bits per heavy atom. The number of benzene rings is 10. The summed E-state index contributed by atoms with van der Waals surface area (Å²) in [6.07, 6.45) is 8.55. The standard InChI is InChI=1S/C60H40N2O2/c1-2-17-40(18-3-1)59-47-34-32-44(62-53-26-8-12-30-57(53)64-58-31-13-9-27-54(58)62)38-50(47)60(42-21-14-20-41(36-42)46-23-15-19-39-16-4-5-22-45(39)46)48-35-33-43(37-49(48)59)61-51-24-6-10-28-55(51)63-56-29-11-7-25-52(56)61/h1-38,51,55H. The van der Waals surface area contributed by atoms with Crippen LogP contribution in [0.25, 0.3) is 65.7 Å². The van der Waals surface area contributed by atoms with Crippen LogP contribution in [0.2, 0.25) is 0 Å². The van der Waals surface area contributed by atoms with Crippen LogP contribution in [-0.4, -0.2) is 12.1 Å². The van der Waals surface area contributed by atoms with Gasteiger partial charge in [0.15, 0.2) is 11.5 Å². The highest BCUT2D eigenvalue weighted by molar-refractivity contribution is 6.23. The normalized spacial score (nSPS) is 15.9. The fourth-order valence-electron chi connectivity index (χ4n) is 10.3. The van der Waals surface area contributed by atoms with Crippen LogP contribution >= 0.6 is 0 Å². The van der Waals surface area contributed by atoms with Gasteiger partial charge >= 0.3 is 0 Å². The minimum absolute atomic E-state index is 0.00309. The molecular weight excluding hydrogens is 781 g/mol. The van der Waals surface area contributed by atoms with Crippen LogP contribution in [0, 0.1) is 0 Å². The molecule has 0 saturated carbocycles. The van der Waals surface area contributed by atoms with Crippen molar-refractivity contribution in [2.45, 2.75) is 12.1 Å². The molecule has 2 heterocycles. The van der Waals surface area contributed by atoms with Gasteiger partial charge in [-0.3, -0.25) is 0 Å². The monoisotopic (exact) mass is 820 g/mol. The quantitative estimate of drug-likeness (QED) is 0.162. The highest BCUT2D eigenvalue weighted by Gasteiger charge is 2.35. The maximum absolute atomic E-state index is 6.59. The first-order valence-electron chi connectivity index (χ1n) is 22.0. The molecule has 302 valence electrons. The largest absolute Gasteiger partial charge is 0.482 e. The molecule has 4 heteroatoms. The van der Waals surface area contributed by atoms with E-state index in [1.54, 1.807) is 0 Å². The van der Waals surface area contributed by atoms with E-state index >= 15 is 0 Å². The summed E-state index contributed by atoms with van der Waals surface area (Å²) in [5, 5.41) is 7.19. The molecule has 64 heavy (non-hydrogen) atoms. The second-order valence-electron chi connectivity index (χ2n) is 16.7. The van der Waals surface area contributed by atoms with Crippen LogP contribution < -0.4 is 19.3 Å². The number of hydrogen-bond acceptors (Lipinski definition) is 4. The van der Waals surface area contributed by atoms with Gasteiger partial charge in [-0.1, -0.05) is 158 Å². The van der Waals surface area contributed by atoms with E-state index < -0.39 is 0 Å². The van der Waals surface area contributed by atoms with Crippen molar-refractivity contribution in [1.29, 1.82) is 0 Å². The maximum atomic E-state index is 6.59. The van der Waals surface area contributed by atoms with E-state index in [9.17, 15) is 0 Å². The number of anilines is 5. The van der Waals surface area contributed by atoms with E-state index in [-0.39, 0.29) is 12.1 Å². The van der Waals surface area contributed by atoms with Gasteiger partial charge in [-0.25, -0.2) is 0 Å². The third-order valence-corrected chi connectivity index (χ3v) is 13.1. The molecule has 0 aromatic heterocycles. The second kappa shape index (κ2) is 14.6. The van der Waals surface area contributed by atoms with Gasteiger partial charge in [0.2, 0.25) is 0 Å². The van der Waals surface area contributed by atoms with Crippen LogP contribution in [0.5, 0.6) is 17.2 Å². The number of para-hydroxylation sites is 6. The summed E-state index contributed by atoms with van der Waals surface area (Å²) in [6.45, 7) is 0. The average molecular weight is 821 g/mol. The lowest BCUT2D eigenvalue weighted by Gasteiger charge is -2.42. The number of ether oxygens (including phenoxy) is 2. The van der Waals surface area contributed by atoms with Crippen molar-refractivity contribution in [2.75, 3.05) is 9.80 Å². The molecule has 1 aliphatic carbocycles. The van der Waals surface area contributed by atoms with Gasteiger partial charge in [0.1, 0.15) is 11.9 Å². The minimum Gasteiger partial charge on any atom is -0.482 e. The smallest absolute Gasteiger partial charge is 0.151 e. The summed E-state index contributed by atoms with van der Waals surface area (Å²) in [5.41, 5.74) is 12.4. The summed E-state index contributed by atoms with van der Waals surface area (Å²) in [7, 11) is 0. The molecule has 0 bridgehead atoms. The molecule has 0 fully saturated rings. The third kappa shape index (κ3) is 5.76. The van der Waals surface area contributed by atoms with Gasteiger partial charge in [-0.2, -0.15) is 0 Å². The van der Waals surface area contributed by atoms with E-state index in [4.69, 9.17) is 9.47 Å². The number of allylic oxidation sites excluding steroid dienone is 2. The molecule has 13 rings (SSSR count). The minimum atomic E-state index is -0.109. The predicted molar refractivity (Wildman–Crippen MR) is 265 cm³/mol. The molecule has 10 aromatic carbocycles. The Kier molecular flexibility index (Phi) is 8.31. The van der Waals surface area contributed by atoms with Crippen LogP contribution in [-0.2, 0) is 0 Å². The molecule has 0 saturated heterocycles. The zero-order valence-corrected chi connectivity index (χ0v) is 34.8. The van der Waals surface area contributed by atoms with Gasteiger partial charge in [-0.05, 0) is 139 Å². The zero-order valence-electron chi connectivity index (χ0n) is 34.8. The fraction of sp³-hybridized carbons (Fsp3) is 0.0333. The van der Waals surface area contributed by atoms with Crippen molar-refractivity contribution in [3.05, 3.63) is 231 Å². The first kappa shape index (κ1) is 36.3. The van der Waals surface area contributed by atoms with Crippen LogP contribution in [0.15, 0.2) is 231 Å².